The number of hydrogen-bond acceptors (Lipinski definition) is 4. The maximum absolute atomic E-state index is 5.22. The molecule has 0 aromatic heterocycles. The summed E-state index contributed by atoms with van der Waals surface area (Å²) in [4.78, 5) is 0. The van der Waals surface area contributed by atoms with Gasteiger partial charge in [0.15, 0.2) is 0 Å². The van der Waals surface area contributed by atoms with Crippen molar-refractivity contribution >= 4 is 0 Å². The molecule has 4 heteroatoms. The molecule has 84 valence electrons. The molecule has 0 aliphatic carbocycles. The maximum atomic E-state index is 5.22. The van der Waals surface area contributed by atoms with E-state index in [-0.39, 0.29) is 0 Å². The largest absolute Gasteiger partial charge is 0.377 e. The van der Waals surface area contributed by atoms with Gasteiger partial charge in [-0.3, -0.25) is 0 Å². The molecule has 0 aromatic carbocycles. The normalized spacial score (nSPS) is 10.4. The molecule has 0 fully saturated rings. The van der Waals surface area contributed by atoms with Crippen LogP contribution in [0.15, 0.2) is 12.7 Å². The highest BCUT2D eigenvalue weighted by Gasteiger charge is 1.89. The summed E-state index contributed by atoms with van der Waals surface area (Å²) in [6.07, 6.45) is 1.71. The molecule has 0 saturated heterocycles. The highest BCUT2D eigenvalue weighted by molar-refractivity contribution is 4.63. The number of hydrogen-bond donors (Lipinski definition) is 0. The molecular weight excluding hydrogens is 184 g/mol. The molecule has 0 bridgehead atoms. The fourth-order valence-electron chi connectivity index (χ4n) is 0.706. The molecule has 0 spiro atoms. The van der Waals surface area contributed by atoms with E-state index in [1.54, 1.807) is 6.08 Å². The summed E-state index contributed by atoms with van der Waals surface area (Å²) >= 11 is 0. The average molecular weight is 204 g/mol. The van der Waals surface area contributed by atoms with Gasteiger partial charge in [-0.15, -0.1) is 6.58 Å². The monoisotopic (exact) mass is 204 g/mol. The van der Waals surface area contributed by atoms with Gasteiger partial charge in [0, 0.05) is 6.61 Å². The van der Waals surface area contributed by atoms with Crippen molar-refractivity contribution in [3.05, 3.63) is 12.7 Å². The van der Waals surface area contributed by atoms with Gasteiger partial charge in [-0.05, 0) is 6.92 Å². The summed E-state index contributed by atoms with van der Waals surface area (Å²) in [5.41, 5.74) is 0. The van der Waals surface area contributed by atoms with Crippen molar-refractivity contribution in [3.63, 3.8) is 0 Å². The second kappa shape index (κ2) is 12.6. The third-order valence-electron chi connectivity index (χ3n) is 1.35. The molecule has 0 atom stereocenters. The SMILES string of the molecule is C=CCOCCOCCOCOCC. The van der Waals surface area contributed by atoms with Crippen molar-refractivity contribution in [2.45, 2.75) is 6.92 Å². The maximum Gasteiger partial charge on any atom is 0.146 e. The first kappa shape index (κ1) is 13.6. The van der Waals surface area contributed by atoms with Crippen LogP contribution in [0.2, 0.25) is 0 Å². The fraction of sp³-hybridized carbons (Fsp3) is 0.800. The summed E-state index contributed by atoms with van der Waals surface area (Å²) in [5.74, 6) is 0. The minimum Gasteiger partial charge on any atom is -0.377 e. The number of rotatable bonds is 11. The van der Waals surface area contributed by atoms with Gasteiger partial charge in [0.2, 0.25) is 0 Å². The van der Waals surface area contributed by atoms with Gasteiger partial charge >= 0.3 is 0 Å². The van der Waals surface area contributed by atoms with Gasteiger partial charge in [0.1, 0.15) is 6.79 Å². The summed E-state index contributed by atoms with van der Waals surface area (Å²) in [6.45, 7) is 9.37. The first-order valence-electron chi connectivity index (χ1n) is 4.83. The molecule has 0 aliphatic rings. The van der Waals surface area contributed by atoms with Gasteiger partial charge < -0.3 is 18.9 Å². The minimum absolute atomic E-state index is 0.340. The molecule has 14 heavy (non-hydrogen) atoms. The highest BCUT2D eigenvalue weighted by Crippen LogP contribution is 1.82. The van der Waals surface area contributed by atoms with Crippen molar-refractivity contribution in [1.29, 1.82) is 0 Å². The van der Waals surface area contributed by atoms with E-state index < -0.39 is 0 Å². The molecule has 4 nitrogen and oxygen atoms in total. The van der Waals surface area contributed by atoms with E-state index >= 15 is 0 Å². The highest BCUT2D eigenvalue weighted by atomic mass is 16.7. The molecule has 0 heterocycles. The molecule has 0 rings (SSSR count). The molecule has 0 unspecified atom stereocenters. The summed E-state index contributed by atoms with van der Waals surface area (Å²) in [7, 11) is 0. The zero-order valence-corrected chi connectivity index (χ0v) is 8.87. The van der Waals surface area contributed by atoms with Crippen LogP contribution < -0.4 is 0 Å². The van der Waals surface area contributed by atoms with Gasteiger partial charge in [-0.1, -0.05) is 6.08 Å². The first-order chi connectivity index (χ1) is 6.91. The summed E-state index contributed by atoms with van der Waals surface area (Å²) in [6, 6.07) is 0. The minimum atomic E-state index is 0.340. The lowest BCUT2D eigenvalue weighted by atomic mass is 10.7. The Balaban J connectivity index is 2.81. The predicted octanol–water partition coefficient (Wildman–Crippen LogP) is 1.22. The van der Waals surface area contributed by atoms with Gasteiger partial charge in [-0.25, -0.2) is 0 Å². The average Bonchev–Trinajstić information content (AvgIpc) is 2.21. The molecule has 0 aromatic rings. The Hall–Kier alpha value is -0.420. The Morgan fingerprint density at radius 2 is 1.57 bits per heavy atom. The summed E-state index contributed by atoms with van der Waals surface area (Å²) < 4.78 is 20.4. The Labute approximate surface area is 85.8 Å². The van der Waals surface area contributed by atoms with E-state index in [0.717, 1.165) is 0 Å². The van der Waals surface area contributed by atoms with E-state index in [1.807, 2.05) is 6.92 Å². The lowest BCUT2D eigenvalue weighted by molar-refractivity contribution is -0.0685. The second-order valence-electron chi connectivity index (χ2n) is 2.49. The molecule has 0 saturated carbocycles. The van der Waals surface area contributed by atoms with Crippen molar-refractivity contribution < 1.29 is 18.9 Å². The van der Waals surface area contributed by atoms with Crippen LogP contribution in [0, 0.1) is 0 Å². The van der Waals surface area contributed by atoms with Gasteiger partial charge in [0.05, 0.1) is 33.0 Å². The zero-order valence-electron chi connectivity index (χ0n) is 8.87. The molecule has 0 N–H and O–H groups in total. The van der Waals surface area contributed by atoms with E-state index in [9.17, 15) is 0 Å². The van der Waals surface area contributed by atoms with Crippen molar-refractivity contribution in [3.8, 4) is 0 Å². The van der Waals surface area contributed by atoms with Crippen molar-refractivity contribution in [2.24, 2.45) is 0 Å². The quantitative estimate of drug-likeness (QED) is 0.288. The Kier molecular flexibility index (Phi) is 12.2. The van der Waals surface area contributed by atoms with Crippen LogP contribution in [0.3, 0.4) is 0 Å². The number of ether oxygens (including phenoxy) is 4. The predicted molar refractivity (Wildman–Crippen MR) is 54.3 cm³/mol. The third kappa shape index (κ3) is 11.6. The summed E-state index contributed by atoms with van der Waals surface area (Å²) in [5, 5.41) is 0. The molecular formula is C10H20O4. The lowest BCUT2D eigenvalue weighted by Crippen LogP contribution is -2.10. The molecule has 0 radical (unpaired) electrons. The topological polar surface area (TPSA) is 36.9 Å². The Morgan fingerprint density at radius 3 is 2.21 bits per heavy atom. The van der Waals surface area contributed by atoms with Crippen molar-refractivity contribution in [1.82, 2.24) is 0 Å². The second-order valence-corrected chi connectivity index (χ2v) is 2.49. The lowest BCUT2D eigenvalue weighted by Gasteiger charge is -2.05. The van der Waals surface area contributed by atoms with Crippen LogP contribution in [0.1, 0.15) is 6.92 Å². The fourth-order valence-corrected chi connectivity index (χ4v) is 0.706. The van der Waals surface area contributed by atoms with E-state index in [0.29, 0.717) is 46.4 Å². The van der Waals surface area contributed by atoms with Crippen LogP contribution in [0.25, 0.3) is 0 Å². The smallest absolute Gasteiger partial charge is 0.146 e. The standard InChI is InChI=1S/C10H20O4/c1-3-5-12-6-7-13-8-9-14-10-11-4-2/h3H,1,4-10H2,2H3. The Bertz CT molecular complexity index is 117. The van der Waals surface area contributed by atoms with E-state index in [2.05, 4.69) is 6.58 Å². The van der Waals surface area contributed by atoms with Crippen LogP contribution in [0.5, 0.6) is 0 Å². The van der Waals surface area contributed by atoms with Crippen LogP contribution in [-0.2, 0) is 18.9 Å². The van der Waals surface area contributed by atoms with Gasteiger partial charge in [0.25, 0.3) is 0 Å². The van der Waals surface area contributed by atoms with Gasteiger partial charge in [-0.2, -0.15) is 0 Å². The van der Waals surface area contributed by atoms with E-state index in [1.165, 1.54) is 0 Å². The van der Waals surface area contributed by atoms with Crippen molar-refractivity contribution in [2.75, 3.05) is 46.4 Å². The third-order valence-corrected chi connectivity index (χ3v) is 1.35. The van der Waals surface area contributed by atoms with Crippen LogP contribution >= 0.6 is 0 Å². The van der Waals surface area contributed by atoms with Crippen LogP contribution in [-0.4, -0.2) is 46.4 Å². The molecule has 0 amide bonds. The van der Waals surface area contributed by atoms with Crippen LogP contribution in [0.4, 0.5) is 0 Å². The molecule has 0 aliphatic heterocycles. The zero-order chi connectivity index (χ0) is 10.5. The first-order valence-corrected chi connectivity index (χ1v) is 4.83. The Morgan fingerprint density at radius 1 is 0.929 bits per heavy atom. The van der Waals surface area contributed by atoms with E-state index in [4.69, 9.17) is 18.9 Å².